The lowest BCUT2D eigenvalue weighted by atomic mass is 10.2. The second-order valence-electron chi connectivity index (χ2n) is 5.76. The summed E-state index contributed by atoms with van der Waals surface area (Å²) in [6.45, 7) is 0.628. The van der Waals surface area contributed by atoms with Crippen molar-refractivity contribution in [1.29, 1.82) is 0 Å². The Bertz CT molecular complexity index is 945. The first kappa shape index (κ1) is 19.1. The van der Waals surface area contributed by atoms with E-state index in [9.17, 15) is 9.18 Å². The van der Waals surface area contributed by atoms with Gasteiger partial charge in [0, 0.05) is 0 Å². The summed E-state index contributed by atoms with van der Waals surface area (Å²) in [6.07, 6.45) is 1.37. The van der Waals surface area contributed by atoms with Gasteiger partial charge in [0.15, 0.2) is 0 Å². The number of hydrazone groups is 1. The number of amides is 1. The number of hydrogen-bond acceptors (Lipinski definition) is 4. The highest BCUT2D eigenvalue weighted by Crippen LogP contribution is 2.18. The molecule has 142 valence electrons. The van der Waals surface area contributed by atoms with Crippen LogP contribution in [0.25, 0.3) is 0 Å². The van der Waals surface area contributed by atoms with Crippen LogP contribution in [0.2, 0.25) is 0 Å². The molecule has 1 amide bonds. The zero-order chi connectivity index (χ0) is 19.6. The van der Waals surface area contributed by atoms with E-state index in [1.165, 1.54) is 18.3 Å². The summed E-state index contributed by atoms with van der Waals surface area (Å²) in [7, 11) is 0. The number of para-hydroxylation sites is 2. The first-order chi connectivity index (χ1) is 13.7. The van der Waals surface area contributed by atoms with Gasteiger partial charge in [-0.15, -0.1) is 0 Å². The number of carbonyl (C=O) groups excluding carboxylic acids is 1. The topological polar surface area (TPSA) is 59.9 Å². The van der Waals surface area contributed by atoms with Gasteiger partial charge in [0.05, 0.1) is 11.8 Å². The van der Waals surface area contributed by atoms with Crippen molar-refractivity contribution in [2.24, 2.45) is 5.10 Å². The summed E-state index contributed by atoms with van der Waals surface area (Å²) >= 11 is 0. The molecule has 0 aliphatic rings. The van der Waals surface area contributed by atoms with Crippen LogP contribution in [0.4, 0.5) is 4.39 Å². The molecule has 0 bridgehead atoms. The number of benzene rings is 3. The first-order valence-electron chi connectivity index (χ1n) is 8.71. The van der Waals surface area contributed by atoms with Gasteiger partial charge in [0.25, 0.3) is 5.91 Å². The number of rotatable bonds is 8. The molecule has 0 aliphatic carbocycles. The van der Waals surface area contributed by atoms with E-state index < -0.39 is 5.91 Å². The van der Waals surface area contributed by atoms with E-state index in [0.29, 0.717) is 23.5 Å². The molecule has 0 aromatic heterocycles. The van der Waals surface area contributed by atoms with E-state index in [0.717, 1.165) is 5.75 Å². The SMILES string of the molecule is O=C(N/N=C\c1cccc(F)c1)c1ccccc1OCCOc1ccccc1. The molecular weight excluding hydrogens is 359 g/mol. The normalized spacial score (nSPS) is 10.6. The van der Waals surface area contributed by atoms with Crippen LogP contribution in [0, 0.1) is 5.82 Å². The molecule has 6 heteroatoms. The largest absolute Gasteiger partial charge is 0.490 e. The van der Waals surface area contributed by atoms with Crippen molar-refractivity contribution in [1.82, 2.24) is 5.43 Å². The Balaban J connectivity index is 1.54. The van der Waals surface area contributed by atoms with Gasteiger partial charge < -0.3 is 9.47 Å². The number of ether oxygens (including phenoxy) is 2. The van der Waals surface area contributed by atoms with E-state index in [-0.39, 0.29) is 12.4 Å². The maximum absolute atomic E-state index is 13.2. The van der Waals surface area contributed by atoms with Crippen molar-refractivity contribution in [3.8, 4) is 11.5 Å². The molecule has 3 rings (SSSR count). The van der Waals surface area contributed by atoms with Crippen LogP contribution in [0.3, 0.4) is 0 Å². The smallest absolute Gasteiger partial charge is 0.275 e. The monoisotopic (exact) mass is 378 g/mol. The van der Waals surface area contributed by atoms with Gasteiger partial charge in [-0.05, 0) is 42.0 Å². The van der Waals surface area contributed by atoms with Crippen LogP contribution >= 0.6 is 0 Å². The van der Waals surface area contributed by atoms with E-state index in [1.807, 2.05) is 30.3 Å². The fourth-order valence-electron chi connectivity index (χ4n) is 2.42. The lowest BCUT2D eigenvalue weighted by Gasteiger charge is -2.11. The fourth-order valence-corrected chi connectivity index (χ4v) is 2.42. The molecule has 28 heavy (non-hydrogen) atoms. The predicted molar refractivity (Wildman–Crippen MR) is 105 cm³/mol. The summed E-state index contributed by atoms with van der Waals surface area (Å²) in [5, 5.41) is 3.86. The average Bonchev–Trinajstić information content (AvgIpc) is 2.72. The van der Waals surface area contributed by atoms with E-state index in [1.54, 1.807) is 36.4 Å². The molecule has 0 unspecified atom stereocenters. The highest BCUT2D eigenvalue weighted by molar-refractivity contribution is 5.97. The molecular formula is C22H19FN2O3. The van der Waals surface area contributed by atoms with Gasteiger partial charge in [0.1, 0.15) is 30.5 Å². The molecule has 1 N–H and O–H groups in total. The van der Waals surface area contributed by atoms with Gasteiger partial charge in [-0.2, -0.15) is 5.10 Å². The van der Waals surface area contributed by atoms with E-state index in [2.05, 4.69) is 10.5 Å². The van der Waals surface area contributed by atoms with Gasteiger partial charge >= 0.3 is 0 Å². The van der Waals surface area contributed by atoms with Crippen molar-refractivity contribution in [3.05, 3.63) is 95.8 Å². The summed E-state index contributed by atoms with van der Waals surface area (Å²) < 4.78 is 24.4. The van der Waals surface area contributed by atoms with Gasteiger partial charge in [0.2, 0.25) is 0 Å². The summed E-state index contributed by atoms with van der Waals surface area (Å²) in [6, 6.07) is 22.2. The molecule has 0 heterocycles. The number of halogens is 1. The summed E-state index contributed by atoms with van der Waals surface area (Å²) in [5.41, 5.74) is 3.31. The molecule has 3 aromatic rings. The molecule has 0 atom stereocenters. The van der Waals surface area contributed by atoms with Crippen molar-refractivity contribution < 1.29 is 18.7 Å². The van der Waals surface area contributed by atoms with Gasteiger partial charge in [-0.25, -0.2) is 9.82 Å². The fraction of sp³-hybridized carbons (Fsp3) is 0.0909. The third-order valence-electron chi connectivity index (χ3n) is 3.71. The molecule has 3 aromatic carbocycles. The number of carbonyl (C=O) groups is 1. The molecule has 0 radical (unpaired) electrons. The third-order valence-corrected chi connectivity index (χ3v) is 3.71. The van der Waals surface area contributed by atoms with Crippen molar-refractivity contribution in [2.75, 3.05) is 13.2 Å². The molecule has 0 saturated carbocycles. The maximum Gasteiger partial charge on any atom is 0.275 e. The van der Waals surface area contributed by atoms with Gasteiger partial charge in [-0.1, -0.05) is 42.5 Å². The zero-order valence-corrected chi connectivity index (χ0v) is 15.0. The van der Waals surface area contributed by atoms with Crippen LogP contribution in [0.15, 0.2) is 84.0 Å². The molecule has 0 saturated heterocycles. The quantitative estimate of drug-likeness (QED) is 0.365. The Hall–Kier alpha value is -3.67. The van der Waals surface area contributed by atoms with Gasteiger partial charge in [-0.3, -0.25) is 4.79 Å². The van der Waals surface area contributed by atoms with Crippen LogP contribution < -0.4 is 14.9 Å². The van der Waals surface area contributed by atoms with Crippen molar-refractivity contribution in [2.45, 2.75) is 0 Å². The molecule has 0 spiro atoms. The summed E-state index contributed by atoms with van der Waals surface area (Å²) in [4.78, 5) is 12.4. The Labute approximate surface area is 162 Å². The molecule has 5 nitrogen and oxygen atoms in total. The lowest BCUT2D eigenvalue weighted by Crippen LogP contribution is -2.19. The first-order valence-corrected chi connectivity index (χ1v) is 8.71. The molecule has 0 aliphatic heterocycles. The predicted octanol–water partition coefficient (Wildman–Crippen LogP) is 4.05. The molecule has 0 fully saturated rings. The Kier molecular flexibility index (Phi) is 6.73. The Morgan fingerprint density at radius 2 is 1.68 bits per heavy atom. The highest BCUT2D eigenvalue weighted by atomic mass is 19.1. The minimum Gasteiger partial charge on any atom is -0.490 e. The summed E-state index contributed by atoms with van der Waals surface area (Å²) in [5.74, 6) is 0.389. The second-order valence-corrected chi connectivity index (χ2v) is 5.76. The maximum atomic E-state index is 13.2. The van der Waals surface area contributed by atoms with Crippen LogP contribution in [-0.4, -0.2) is 25.3 Å². The zero-order valence-electron chi connectivity index (χ0n) is 15.0. The standard InChI is InChI=1S/C22H19FN2O3/c23-18-8-6-7-17(15-18)16-24-25-22(26)20-11-4-5-12-21(20)28-14-13-27-19-9-2-1-3-10-19/h1-12,15-16H,13-14H2,(H,25,26)/b24-16-. The average molecular weight is 378 g/mol. The van der Waals surface area contributed by atoms with Crippen LogP contribution in [0.1, 0.15) is 15.9 Å². The number of hydrogen-bond donors (Lipinski definition) is 1. The van der Waals surface area contributed by atoms with E-state index in [4.69, 9.17) is 9.47 Å². The number of nitrogens with one attached hydrogen (secondary N) is 1. The lowest BCUT2D eigenvalue weighted by molar-refractivity contribution is 0.0950. The van der Waals surface area contributed by atoms with E-state index >= 15 is 0 Å². The van der Waals surface area contributed by atoms with Crippen LogP contribution in [0.5, 0.6) is 11.5 Å². The Morgan fingerprint density at radius 3 is 2.50 bits per heavy atom. The Morgan fingerprint density at radius 1 is 0.929 bits per heavy atom. The third kappa shape index (κ3) is 5.67. The minimum absolute atomic E-state index is 0.283. The highest BCUT2D eigenvalue weighted by Gasteiger charge is 2.11. The number of nitrogens with zero attached hydrogens (tertiary/aromatic N) is 1. The van der Waals surface area contributed by atoms with Crippen LogP contribution in [-0.2, 0) is 0 Å². The second kappa shape index (κ2) is 9.87. The minimum atomic E-state index is -0.424. The van der Waals surface area contributed by atoms with Crippen molar-refractivity contribution in [3.63, 3.8) is 0 Å². The van der Waals surface area contributed by atoms with Crippen molar-refractivity contribution >= 4 is 12.1 Å².